The smallest absolute Gasteiger partial charge is 0.249 e. The highest BCUT2D eigenvalue weighted by atomic mass is 19.3. The van der Waals surface area contributed by atoms with Crippen molar-refractivity contribution in [1.29, 1.82) is 0 Å². The van der Waals surface area contributed by atoms with Crippen LogP contribution in [0.3, 0.4) is 0 Å². The zero-order valence-corrected chi connectivity index (χ0v) is 19.9. The van der Waals surface area contributed by atoms with Crippen molar-refractivity contribution in [2.75, 3.05) is 19.6 Å². The van der Waals surface area contributed by atoms with Gasteiger partial charge < -0.3 is 10.0 Å². The second-order valence-electron chi connectivity index (χ2n) is 11.6. The van der Waals surface area contributed by atoms with Gasteiger partial charge in [-0.15, -0.1) is 0 Å². The molecule has 0 aromatic carbocycles. The summed E-state index contributed by atoms with van der Waals surface area (Å²) in [6.45, 7) is 8.34. The molecule has 4 fully saturated rings. The van der Waals surface area contributed by atoms with E-state index in [1.54, 1.807) is 5.57 Å². The fourth-order valence-electron chi connectivity index (χ4n) is 7.61. The Balaban J connectivity index is 1.40. The summed E-state index contributed by atoms with van der Waals surface area (Å²) in [4.78, 5) is 2.31. The van der Waals surface area contributed by atoms with E-state index in [1.165, 1.54) is 37.7 Å². The lowest BCUT2D eigenvalue weighted by molar-refractivity contribution is -0.0360. The molecule has 2 nitrogen and oxygen atoms in total. The fraction of sp³-hybridized carbons (Fsp3) is 0.852. The Kier molecular flexibility index (Phi) is 6.99. The number of hydrogen-bond acceptors (Lipinski definition) is 2. The summed E-state index contributed by atoms with van der Waals surface area (Å²) in [7, 11) is 0. The number of nitrogens with zero attached hydrogens (tertiary/aromatic N) is 1. The summed E-state index contributed by atoms with van der Waals surface area (Å²) in [5.74, 6) is -1.10. The highest BCUT2D eigenvalue weighted by Crippen LogP contribution is 2.59. The Morgan fingerprint density at radius 2 is 1.97 bits per heavy atom. The van der Waals surface area contributed by atoms with Crippen LogP contribution in [0.15, 0.2) is 23.3 Å². The predicted octanol–water partition coefficient (Wildman–Crippen LogP) is 6.60. The third-order valence-corrected chi connectivity index (χ3v) is 9.33. The maximum absolute atomic E-state index is 13.7. The van der Waals surface area contributed by atoms with Crippen molar-refractivity contribution in [3.05, 3.63) is 23.3 Å². The van der Waals surface area contributed by atoms with Crippen LogP contribution in [0.2, 0.25) is 0 Å². The number of alkyl halides is 2. The molecule has 0 bridgehead atoms. The normalized spacial score (nSPS) is 41.1. The molecule has 4 aliphatic rings. The molecule has 3 aliphatic carbocycles. The third-order valence-electron chi connectivity index (χ3n) is 9.33. The average molecular weight is 436 g/mol. The van der Waals surface area contributed by atoms with E-state index in [2.05, 4.69) is 30.9 Å². The first-order valence-electron chi connectivity index (χ1n) is 12.8. The highest BCUT2D eigenvalue weighted by molar-refractivity contribution is 5.25. The van der Waals surface area contributed by atoms with Gasteiger partial charge in [-0.25, -0.2) is 8.78 Å². The minimum absolute atomic E-state index is 0.149. The van der Waals surface area contributed by atoms with Crippen molar-refractivity contribution in [3.8, 4) is 0 Å². The summed E-state index contributed by atoms with van der Waals surface area (Å²) in [6.07, 6.45) is 15.6. The van der Waals surface area contributed by atoms with Crippen molar-refractivity contribution >= 4 is 0 Å². The van der Waals surface area contributed by atoms with Crippen molar-refractivity contribution in [2.45, 2.75) is 97.0 Å². The van der Waals surface area contributed by atoms with Gasteiger partial charge in [0, 0.05) is 19.0 Å². The minimum Gasteiger partial charge on any atom is -0.393 e. The minimum atomic E-state index is -2.55. The number of hydrogen-bond donors (Lipinski definition) is 1. The van der Waals surface area contributed by atoms with Crippen molar-refractivity contribution in [1.82, 2.24) is 4.90 Å². The molecule has 0 aromatic rings. The molecule has 4 heteroatoms. The van der Waals surface area contributed by atoms with E-state index < -0.39 is 11.8 Å². The average Bonchev–Trinajstić information content (AvgIpc) is 3.30. The molecule has 0 aromatic heterocycles. The molecule has 6 atom stereocenters. The van der Waals surface area contributed by atoms with Gasteiger partial charge in [-0.05, 0) is 101 Å². The topological polar surface area (TPSA) is 23.5 Å². The van der Waals surface area contributed by atoms with Crippen molar-refractivity contribution < 1.29 is 13.9 Å². The Hall–Kier alpha value is -0.740. The molecule has 1 heterocycles. The van der Waals surface area contributed by atoms with Crippen LogP contribution in [0.5, 0.6) is 0 Å². The van der Waals surface area contributed by atoms with Crippen LogP contribution in [0, 0.1) is 29.1 Å². The van der Waals surface area contributed by atoms with E-state index in [0.717, 1.165) is 45.7 Å². The second kappa shape index (κ2) is 9.25. The Labute approximate surface area is 188 Å². The molecule has 3 saturated carbocycles. The van der Waals surface area contributed by atoms with E-state index in [9.17, 15) is 13.9 Å². The maximum Gasteiger partial charge on any atom is 0.249 e. The summed E-state index contributed by atoms with van der Waals surface area (Å²) >= 11 is 0. The van der Waals surface area contributed by atoms with Gasteiger partial charge in [-0.3, -0.25) is 0 Å². The highest BCUT2D eigenvalue weighted by Gasteiger charge is 2.51. The molecular formula is C27H43F2NO. The molecule has 0 amide bonds. The van der Waals surface area contributed by atoms with E-state index in [-0.39, 0.29) is 6.10 Å². The van der Waals surface area contributed by atoms with Crippen LogP contribution in [0.1, 0.15) is 85.0 Å². The van der Waals surface area contributed by atoms with E-state index in [0.29, 0.717) is 36.1 Å². The van der Waals surface area contributed by atoms with Gasteiger partial charge in [0.05, 0.1) is 6.10 Å². The number of fused-ring (bicyclic) bond motifs is 1. The lowest BCUT2D eigenvalue weighted by Gasteiger charge is -2.45. The molecule has 1 N–H and O–H groups in total. The van der Waals surface area contributed by atoms with Gasteiger partial charge >= 0.3 is 0 Å². The summed E-state index contributed by atoms with van der Waals surface area (Å²) < 4.78 is 27.5. The molecule has 4 unspecified atom stereocenters. The number of allylic oxidation sites excluding steroid dienone is 3. The molecule has 4 rings (SSSR count). The standard InChI is InChI=1S/C27H43F2NO/c1-19(17-30-15-13-22(18-30)27(3,28)29)24-11-12-25-21(7-5-14-26(24,25)2)10-9-20-6-4-8-23(31)16-20/h9-10,19,22-25,31H,4-8,11-18H2,1-3H3/b20-9-,21-10+/t19-,22-,23?,24?,25?,26?/m0/s1. The van der Waals surface area contributed by atoms with Crippen molar-refractivity contribution in [2.24, 2.45) is 29.1 Å². The van der Waals surface area contributed by atoms with E-state index >= 15 is 0 Å². The van der Waals surface area contributed by atoms with Crippen LogP contribution in [-0.2, 0) is 0 Å². The Morgan fingerprint density at radius 3 is 2.68 bits per heavy atom. The van der Waals surface area contributed by atoms with Gasteiger partial charge in [-0.1, -0.05) is 37.1 Å². The SMILES string of the molecule is C[C@@H](CN1CC[C@H](C(C)(F)F)C1)C1CCC2/C(=C/C=C3/CCCC(O)C3)CCCC21C. The van der Waals surface area contributed by atoms with E-state index in [1.807, 2.05) is 0 Å². The van der Waals surface area contributed by atoms with Gasteiger partial charge in [0.15, 0.2) is 0 Å². The van der Waals surface area contributed by atoms with Gasteiger partial charge in [0.25, 0.3) is 0 Å². The molecule has 0 spiro atoms. The quantitative estimate of drug-likeness (QED) is 0.526. The molecule has 0 radical (unpaired) electrons. The number of aliphatic hydroxyl groups is 1. The second-order valence-corrected chi connectivity index (χ2v) is 11.6. The largest absolute Gasteiger partial charge is 0.393 e. The van der Waals surface area contributed by atoms with E-state index in [4.69, 9.17) is 0 Å². The molecule has 176 valence electrons. The maximum atomic E-state index is 13.7. The van der Waals surface area contributed by atoms with Crippen LogP contribution in [0.25, 0.3) is 0 Å². The molecule has 31 heavy (non-hydrogen) atoms. The van der Waals surface area contributed by atoms with Crippen LogP contribution < -0.4 is 0 Å². The fourth-order valence-corrected chi connectivity index (χ4v) is 7.61. The number of halogens is 2. The van der Waals surface area contributed by atoms with Crippen LogP contribution in [0.4, 0.5) is 8.78 Å². The number of rotatable bonds is 5. The summed E-state index contributed by atoms with van der Waals surface area (Å²) in [5.41, 5.74) is 3.39. The third kappa shape index (κ3) is 5.11. The molecular weight excluding hydrogens is 392 g/mol. The van der Waals surface area contributed by atoms with Gasteiger partial charge in [-0.2, -0.15) is 0 Å². The predicted molar refractivity (Wildman–Crippen MR) is 123 cm³/mol. The first-order chi connectivity index (χ1) is 14.7. The number of aliphatic hydroxyl groups excluding tert-OH is 1. The van der Waals surface area contributed by atoms with Crippen molar-refractivity contribution in [3.63, 3.8) is 0 Å². The zero-order chi connectivity index (χ0) is 22.2. The number of likely N-dealkylation sites (tertiary alicyclic amines) is 1. The Bertz CT molecular complexity index is 696. The lowest BCUT2D eigenvalue weighted by Crippen LogP contribution is -2.39. The first kappa shape index (κ1) is 23.4. The Morgan fingerprint density at radius 1 is 1.16 bits per heavy atom. The van der Waals surface area contributed by atoms with Gasteiger partial charge in [0.2, 0.25) is 5.92 Å². The monoisotopic (exact) mass is 435 g/mol. The van der Waals surface area contributed by atoms with Gasteiger partial charge in [0.1, 0.15) is 0 Å². The molecule has 1 aliphatic heterocycles. The summed E-state index contributed by atoms with van der Waals surface area (Å²) in [5, 5.41) is 9.97. The lowest BCUT2D eigenvalue weighted by atomic mass is 9.61. The van der Waals surface area contributed by atoms with Crippen LogP contribution in [-0.4, -0.2) is 41.7 Å². The zero-order valence-electron chi connectivity index (χ0n) is 19.9. The van der Waals surface area contributed by atoms with Crippen LogP contribution >= 0.6 is 0 Å². The summed E-state index contributed by atoms with van der Waals surface area (Å²) in [6, 6.07) is 0. The first-order valence-corrected chi connectivity index (χ1v) is 12.8. The molecule has 1 saturated heterocycles.